The summed E-state index contributed by atoms with van der Waals surface area (Å²) in [5, 5.41) is 17.9. The van der Waals surface area contributed by atoms with Crippen LogP contribution in [-0.4, -0.2) is 42.5 Å². The zero-order valence-corrected chi connectivity index (χ0v) is 10.9. The molecular weight excluding hydrogens is 303 g/mol. The Balaban J connectivity index is 3.34. The Morgan fingerprint density at radius 3 is 2.35 bits per heavy atom. The summed E-state index contributed by atoms with van der Waals surface area (Å²) in [5.41, 5.74) is -1.27. The highest BCUT2D eigenvalue weighted by atomic mass is 32.2. The second-order valence-electron chi connectivity index (χ2n) is 3.84. The maximum atomic E-state index is 12.5. The van der Waals surface area contributed by atoms with E-state index in [1.165, 1.54) is 0 Å². The van der Waals surface area contributed by atoms with Gasteiger partial charge >= 0.3 is 12.1 Å². The van der Waals surface area contributed by atoms with Gasteiger partial charge in [-0.05, 0) is 18.2 Å². The second-order valence-corrected chi connectivity index (χ2v) is 5.85. The maximum absolute atomic E-state index is 12.5. The van der Waals surface area contributed by atoms with Gasteiger partial charge < -0.3 is 10.2 Å². The first-order valence-corrected chi connectivity index (χ1v) is 6.48. The van der Waals surface area contributed by atoms with E-state index < -0.39 is 44.9 Å². The van der Waals surface area contributed by atoms with Crippen molar-refractivity contribution < 1.29 is 36.6 Å². The number of carboxylic acids is 1. The molecule has 0 heterocycles. The smallest absolute Gasteiger partial charge is 0.416 e. The lowest BCUT2D eigenvalue weighted by Gasteiger charge is -2.17. The summed E-state index contributed by atoms with van der Waals surface area (Å²) >= 11 is 0. The molecule has 112 valence electrons. The Morgan fingerprint density at radius 2 is 1.90 bits per heavy atom. The molecule has 0 aliphatic rings. The van der Waals surface area contributed by atoms with Crippen LogP contribution in [0.15, 0.2) is 23.1 Å². The number of hydrogen-bond acceptors (Lipinski definition) is 4. The van der Waals surface area contributed by atoms with Crippen LogP contribution in [-0.2, 0) is 21.0 Å². The first-order chi connectivity index (χ1) is 8.96. The lowest BCUT2D eigenvalue weighted by molar-refractivity contribution is -0.138. The van der Waals surface area contributed by atoms with Crippen LogP contribution in [0.4, 0.5) is 13.2 Å². The molecule has 0 saturated heterocycles. The number of carbonyl (C=O) groups is 1. The summed E-state index contributed by atoms with van der Waals surface area (Å²) in [4.78, 5) is 9.45. The number of benzene rings is 1. The number of rotatable bonds is 4. The fourth-order valence-corrected chi connectivity index (χ4v) is 2.56. The largest absolute Gasteiger partial charge is 0.507 e. The molecule has 0 radical (unpaired) electrons. The number of sulfonamides is 1. The van der Waals surface area contributed by atoms with E-state index >= 15 is 0 Å². The number of nitrogens with zero attached hydrogens (tertiary/aromatic N) is 1. The van der Waals surface area contributed by atoms with Gasteiger partial charge in [0.15, 0.2) is 0 Å². The third kappa shape index (κ3) is 3.39. The molecule has 10 heteroatoms. The van der Waals surface area contributed by atoms with Gasteiger partial charge in [-0.2, -0.15) is 17.5 Å². The molecule has 0 unspecified atom stereocenters. The quantitative estimate of drug-likeness (QED) is 0.868. The van der Waals surface area contributed by atoms with E-state index in [9.17, 15) is 31.5 Å². The molecule has 0 amide bonds. The van der Waals surface area contributed by atoms with Crippen LogP contribution < -0.4 is 0 Å². The fourth-order valence-electron chi connectivity index (χ4n) is 1.34. The van der Waals surface area contributed by atoms with Crippen molar-refractivity contribution in [2.45, 2.75) is 11.1 Å². The number of aromatic hydroxyl groups is 1. The topological polar surface area (TPSA) is 94.9 Å². The SMILES string of the molecule is CN(CC(=O)O)S(=O)(=O)c1cc(C(F)(F)F)ccc1O. The normalized spacial score (nSPS) is 12.7. The molecule has 0 aromatic heterocycles. The minimum Gasteiger partial charge on any atom is -0.507 e. The molecule has 1 aromatic carbocycles. The minimum atomic E-state index is -4.79. The van der Waals surface area contributed by atoms with Gasteiger partial charge in [-0.25, -0.2) is 8.42 Å². The van der Waals surface area contributed by atoms with Gasteiger partial charge in [-0.3, -0.25) is 4.79 Å². The number of hydrogen-bond donors (Lipinski definition) is 2. The van der Waals surface area contributed by atoms with Gasteiger partial charge in [0, 0.05) is 7.05 Å². The standard InChI is InChI=1S/C10H10F3NO5S/c1-14(5-9(16)17)20(18,19)8-4-6(10(11,12)13)2-3-7(8)15/h2-4,15H,5H2,1H3,(H,16,17). The Bertz CT molecular complexity index is 626. The summed E-state index contributed by atoms with van der Waals surface area (Å²) in [7, 11) is -3.67. The number of phenols is 1. The summed E-state index contributed by atoms with van der Waals surface area (Å²) in [6.45, 7) is -0.946. The predicted octanol–water partition coefficient (Wildman–Crippen LogP) is 1.12. The number of phenolic OH excluding ortho intramolecular Hbond substituents is 1. The highest BCUT2D eigenvalue weighted by molar-refractivity contribution is 7.89. The van der Waals surface area contributed by atoms with E-state index in [1.807, 2.05) is 0 Å². The Morgan fingerprint density at radius 1 is 1.35 bits per heavy atom. The highest BCUT2D eigenvalue weighted by Crippen LogP contribution is 2.34. The Labute approximate surface area is 112 Å². The van der Waals surface area contributed by atoms with E-state index in [0.29, 0.717) is 16.4 Å². The van der Waals surface area contributed by atoms with E-state index in [1.54, 1.807) is 0 Å². The monoisotopic (exact) mass is 313 g/mol. The average molecular weight is 313 g/mol. The van der Waals surface area contributed by atoms with E-state index in [-0.39, 0.29) is 6.07 Å². The van der Waals surface area contributed by atoms with E-state index in [4.69, 9.17) is 5.11 Å². The fraction of sp³-hybridized carbons (Fsp3) is 0.300. The lowest BCUT2D eigenvalue weighted by Crippen LogP contribution is -2.32. The molecule has 20 heavy (non-hydrogen) atoms. The first-order valence-electron chi connectivity index (χ1n) is 5.04. The van der Waals surface area contributed by atoms with Crippen LogP contribution in [0.3, 0.4) is 0 Å². The zero-order chi connectivity index (χ0) is 15.7. The van der Waals surface area contributed by atoms with Crippen molar-refractivity contribution in [3.63, 3.8) is 0 Å². The van der Waals surface area contributed by atoms with Crippen molar-refractivity contribution in [1.82, 2.24) is 4.31 Å². The van der Waals surface area contributed by atoms with Crippen LogP contribution in [0.2, 0.25) is 0 Å². The van der Waals surface area contributed by atoms with Crippen LogP contribution in [0.1, 0.15) is 5.56 Å². The van der Waals surface area contributed by atoms with Crippen molar-refractivity contribution in [3.05, 3.63) is 23.8 Å². The molecule has 0 aliphatic carbocycles. The van der Waals surface area contributed by atoms with Gasteiger partial charge in [-0.1, -0.05) is 0 Å². The van der Waals surface area contributed by atoms with Crippen LogP contribution in [0.5, 0.6) is 5.75 Å². The summed E-state index contributed by atoms with van der Waals surface area (Å²) < 4.78 is 61.7. The molecule has 0 atom stereocenters. The number of likely N-dealkylation sites (N-methyl/N-ethyl adjacent to an activating group) is 1. The van der Waals surface area contributed by atoms with E-state index in [2.05, 4.69) is 0 Å². The van der Waals surface area contributed by atoms with Crippen molar-refractivity contribution in [2.24, 2.45) is 0 Å². The summed E-state index contributed by atoms with van der Waals surface area (Å²) in [6.07, 6.45) is -4.79. The molecule has 2 N–H and O–H groups in total. The van der Waals surface area contributed by atoms with Gasteiger partial charge in [0.1, 0.15) is 17.2 Å². The number of carboxylic acid groups (broad SMARTS) is 1. The van der Waals surface area contributed by atoms with Crippen LogP contribution in [0, 0.1) is 0 Å². The van der Waals surface area contributed by atoms with Crippen LogP contribution >= 0.6 is 0 Å². The summed E-state index contributed by atoms with van der Waals surface area (Å²) in [5.74, 6) is -2.38. The molecule has 0 aliphatic heterocycles. The molecule has 0 saturated carbocycles. The first kappa shape index (κ1) is 16.2. The van der Waals surface area contributed by atoms with Gasteiger partial charge in [0.2, 0.25) is 10.0 Å². The Kier molecular flexibility index (Phi) is 4.30. The molecule has 0 bridgehead atoms. The maximum Gasteiger partial charge on any atom is 0.416 e. The van der Waals surface area contributed by atoms with Gasteiger partial charge in [0.05, 0.1) is 5.56 Å². The average Bonchev–Trinajstić information content (AvgIpc) is 2.26. The number of halogens is 3. The Hall–Kier alpha value is -1.81. The molecule has 0 fully saturated rings. The third-order valence-electron chi connectivity index (χ3n) is 2.33. The lowest BCUT2D eigenvalue weighted by atomic mass is 10.2. The highest BCUT2D eigenvalue weighted by Gasteiger charge is 2.34. The van der Waals surface area contributed by atoms with Gasteiger partial charge in [0.25, 0.3) is 0 Å². The van der Waals surface area contributed by atoms with Crippen molar-refractivity contribution in [2.75, 3.05) is 13.6 Å². The number of aliphatic carboxylic acids is 1. The second kappa shape index (κ2) is 5.29. The molecule has 1 aromatic rings. The predicted molar refractivity (Wildman–Crippen MR) is 60.6 cm³/mol. The minimum absolute atomic E-state index is 0.253. The molecule has 1 rings (SSSR count). The molecular formula is C10H10F3NO5S. The van der Waals surface area contributed by atoms with Crippen molar-refractivity contribution >= 4 is 16.0 Å². The van der Waals surface area contributed by atoms with Crippen molar-refractivity contribution in [1.29, 1.82) is 0 Å². The van der Waals surface area contributed by atoms with Gasteiger partial charge in [-0.15, -0.1) is 0 Å². The zero-order valence-electron chi connectivity index (χ0n) is 10.0. The molecule has 0 spiro atoms. The molecule has 6 nitrogen and oxygen atoms in total. The number of alkyl halides is 3. The summed E-state index contributed by atoms with van der Waals surface area (Å²) in [6, 6.07) is 1.36. The van der Waals surface area contributed by atoms with Crippen molar-refractivity contribution in [3.8, 4) is 5.75 Å². The van der Waals surface area contributed by atoms with Crippen LogP contribution in [0.25, 0.3) is 0 Å². The van der Waals surface area contributed by atoms with E-state index in [0.717, 1.165) is 7.05 Å². The third-order valence-corrected chi connectivity index (χ3v) is 4.17.